The van der Waals surface area contributed by atoms with Crippen molar-refractivity contribution < 1.29 is 4.79 Å². The second-order valence-corrected chi connectivity index (χ2v) is 9.55. The van der Waals surface area contributed by atoms with E-state index in [1.165, 1.54) is 22.3 Å². The predicted octanol–water partition coefficient (Wildman–Crippen LogP) is 4.24. The first kappa shape index (κ1) is 22.3. The van der Waals surface area contributed by atoms with E-state index in [0.717, 1.165) is 29.7 Å². The summed E-state index contributed by atoms with van der Waals surface area (Å²) >= 11 is 1.44. The van der Waals surface area contributed by atoms with Gasteiger partial charge in [0.2, 0.25) is 11.7 Å². The largest absolute Gasteiger partial charge is 0.361 e. The molecule has 5 aromatic rings. The molecule has 0 bridgehead atoms. The molecule has 9 heteroatoms. The molecule has 0 saturated heterocycles. The molecule has 0 saturated carbocycles. The Morgan fingerprint density at radius 1 is 1.21 bits per heavy atom. The highest BCUT2D eigenvalue weighted by Crippen LogP contribution is 2.23. The molecule has 0 spiro atoms. The van der Waals surface area contributed by atoms with Gasteiger partial charge in [0.15, 0.2) is 0 Å². The lowest BCUT2D eigenvalue weighted by Crippen LogP contribution is -2.26. The maximum Gasteiger partial charge on any atom is 0.273 e. The van der Waals surface area contributed by atoms with E-state index in [4.69, 9.17) is 0 Å². The van der Waals surface area contributed by atoms with Crippen LogP contribution in [0.5, 0.6) is 0 Å². The molecule has 5 rings (SSSR count). The molecule has 34 heavy (non-hydrogen) atoms. The molecule has 176 valence electrons. The second kappa shape index (κ2) is 9.42. The standard InChI is InChI=1S/C25H28N6O2S/c1-3-16(2)30-24(33)23-20(12-14-34-23)31-21(28-29-25(30)31)9-6-10-22(32)26-13-11-17-15-27-19-8-5-4-7-18(17)19/h4-5,7-8,12,14-16,27H,3,6,9-11,13H2,1-2H3,(H,26,32)/t16-/m1/s1. The van der Waals surface area contributed by atoms with Gasteiger partial charge in [0.25, 0.3) is 5.56 Å². The van der Waals surface area contributed by atoms with Crippen molar-refractivity contribution in [1.82, 2.24) is 29.5 Å². The Hall–Kier alpha value is -3.46. The van der Waals surface area contributed by atoms with Crippen LogP contribution in [0.2, 0.25) is 0 Å². The van der Waals surface area contributed by atoms with Crippen LogP contribution in [0.25, 0.3) is 26.9 Å². The van der Waals surface area contributed by atoms with Gasteiger partial charge in [-0.1, -0.05) is 25.1 Å². The quantitative estimate of drug-likeness (QED) is 0.333. The Morgan fingerprint density at radius 3 is 2.91 bits per heavy atom. The van der Waals surface area contributed by atoms with Gasteiger partial charge in [0.1, 0.15) is 10.5 Å². The Labute approximate surface area is 200 Å². The minimum atomic E-state index is -0.0135. The second-order valence-electron chi connectivity index (χ2n) is 8.63. The lowest BCUT2D eigenvalue weighted by molar-refractivity contribution is -0.121. The summed E-state index contributed by atoms with van der Waals surface area (Å²) in [5.74, 6) is 1.39. The summed E-state index contributed by atoms with van der Waals surface area (Å²) in [7, 11) is 0. The number of rotatable bonds is 9. The summed E-state index contributed by atoms with van der Waals surface area (Å²) in [6.07, 6.45) is 5.31. The molecule has 0 unspecified atom stereocenters. The monoisotopic (exact) mass is 476 g/mol. The molecule has 1 aromatic carbocycles. The molecule has 1 atom stereocenters. The van der Waals surface area contributed by atoms with Gasteiger partial charge in [0, 0.05) is 42.5 Å². The van der Waals surface area contributed by atoms with Crippen molar-refractivity contribution >= 4 is 44.1 Å². The van der Waals surface area contributed by atoms with Crippen LogP contribution in [-0.4, -0.2) is 36.6 Å². The van der Waals surface area contributed by atoms with E-state index in [1.807, 2.05) is 41.1 Å². The number of para-hydroxylation sites is 1. The molecule has 0 fully saturated rings. The van der Waals surface area contributed by atoms with Crippen LogP contribution in [0.1, 0.15) is 50.5 Å². The fourth-order valence-corrected chi connectivity index (χ4v) is 5.27. The molecule has 4 heterocycles. The smallest absolute Gasteiger partial charge is 0.273 e. The Morgan fingerprint density at radius 2 is 2.06 bits per heavy atom. The summed E-state index contributed by atoms with van der Waals surface area (Å²) in [6, 6.07) is 10.2. The summed E-state index contributed by atoms with van der Waals surface area (Å²) < 4.78 is 4.44. The SMILES string of the molecule is CC[C@@H](C)n1c(=O)c2sccc2n2c(CCCC(=O)NCCc3c[nH]c4ccccc34)nnc12. The first-order chi connectivity index (χ1) is 16.6. The third-order valence-corrected chi connectivity index (χ3v) is 7.35. The molecule has 1 amide bonds. The number of hydrogen-bond donors (Lipinski definition) is 2. The molecule has 4 aromatic heterocycles. The molecule has 0 aliphatic rings. The average molecular weight is 477 g/mol. The van der Waals surface area contributed by atoms with Crippen molar-refractivity contribution in [3.8, 4) is 0 Å². The molecule has 0 radical (unpaired) electrons. The third-order valence-electron chi connectivity index (χ3n) is 6.45. The highest BCUT2D eigenvalue weighted by molar-refractivity contribution is 7.17. The van der Waals surface area contributed by atoms with Gasteiger partial charge < -0.3 is 10.3 Å². The van der Waals surface area contributed by atoms with Crippen LogP contribution < -0.4 is 10.9 Å². The van der Waals surface area contributed by atoms with Gasteiger partial charge in [-0.3, -0.25) is 18.6 Å². The van der Waals surface area contributed by atoms with E-state index < -0.39 is 0 Å². The summed E-state index contributed by atoms with van der Waals surface area (Å²) in [5.41, 5.74) is 3.15. The van der Waals surface area contributed by atoms with Gasteiger partial charge in [-0.05, 0) is 49.3 Å². The summed E-state index contributed by atoms with van der Waals surface area (Å²) in [5, 5.41) is 14.9. The van der Waals surface area contributed by atoms with E-state index >= 15 is 0 Å². The van der Waals surface area contributed by atoms with Crippen molar-refractivity contribution in [1.29, 1.82) is 0 Å². The molecule has 0 aliphatic heterocycles. The number of H-pyrrole nitrogens is 1. The molecule has 8 nitrogen and oxygen atoms in total. The number of aryl methyl sites for hydroxylation is 1. The van der Waals surface area contributed by atoms with Crippen LogP contribution in [-0.2, 0) is 17.6 Å². The normalized spacial score (nSPS) is 12.6. The maximum absolute atomic E-state index is 13.0. The highest BCUT2D eigenvalue weighted by Gasteiger charge is 2.20. The van der Waals surface area contributed by atoms with Gasteiger partial charge in [-0.2, -0.15) is 0 Å². The van der Waals surface area contributed by atoms with Crippen LogP contribution in [0.4, 0.5) is 0 Å². The number of carbonyl (C=O) groups is 1. The number of benzene rings is 1. The van der Waals surface area contributed by atoms with Crippen LogP contribution in [0.3, 0.4) is 0 Å². The van der Waals surface area contributed by atoms with Gasteiger partial charge in [-0.25, -0.2) is 0 Å². The number of thiophene rings is 1. The number of fused-ring (bicyclic) bond motifs is 4. The van der Waals surface area contributed by atoms with E-state index in [2.05, 4.69) is 39.6 Å². The Kier molecular flexibility index (Phi) is 6.19. The van der Waals surface area contributed by atoms with Crippen LogP contribution >= 0.6 is 11.3 Å². The topological polar surface area (TPSA) is 97.1 Å². The number of nitrogens with zero attached hydrogens (tertiary/aromatic N) is 4. The average Bonchev–Trinajstić information content (AvgIpc) is 3.58. The minimum absolute atomic E-state index is 0.0135. The zero-order valence-electron chi connectivity index (χ0n) is 19.4. The van der Waals surface area contributed by atoms with Crippen LogP contribution in [0, 0.1) is 0 Å². The molecular weight excluding hydrogens is 448 g/mol. The highest BCUT2D eigenvalue weighted by atomic mass is 32.1. The van der Waals surface area contributed by atoms with Crippen LogP contribution in [0.15, 0.2) is 46.7 Å². The lowest BCUT2D eigenvalue weighted by atomic mass is 10.1. The summed E-state index contributed by atoms with van der Waals surface area (Å²) in [4.78, 5) is 28.7. The summed E-state index contributed by atoms with van der Waals surface area (Å²) in [6.45, 7) is 4.68. The van der Waals surface area contributed by atoms with E-state index in [0.29, 0.717) is 36.3 Å². The molecule has 2 N–H and O–H groups in total. The zero-order valence-corrected chi connectivity index (χ0v) is 20.2. The maximum atomic E-state index is 13.0. The van der Waals surface area contributed by atoms with Gasteiger partial charge in [0.05, 0.1) is 5.52 Å². The number of nitrogens with one attached hydrogen (secondary N) is 2. The fraction of sp³-hybridized carbons (Fsp3) is 0.360. The number of aromatic amines is 1. The Bertz CT molecular complexity index is 1530. The van der Waals surface area contributed by atoms with E-state index in [1.54, 1.807) is 4.57 Å². The number of carbonyl (C=O) groups excluding carboxylic acids is 1. The Balaban J connectivity index is 1.23. The fourth-order valence-electron chi connectivity index (χ4n) is 4.46. The first-order valence-corrected chi connectivity index (χ1v) is 12.6. The molecule has 0 aliphatic carbocycles. The van der Waals surface area contributed by atoms with Crippen molar-refractivity contribution in [3.63, 3.8) is 0 Å². The van der Waals surface area contributed by atoms with Crippen molar-refractivity contribution in [2.45, 2.75) is 52.0 Å². The van der Waals surface area contributed by atoms with Crippen molar-refractivity contribution in [2.24, 2.45) is 0 Å². The van der Waals surface area contributed by atoms with Crippen molar-refractivity contribution in [3.05, 3.63) is 63.7 Å². The number of hydrogen-bond acceptors (Lipinski definition) is 5. The minimum Gasteiger partial charge on any atom is -0.361 e. The van der Waals surface area contributed by atoms with Gasteiger partial charge >= 0.3 is 0 Å². The predicted molar refractivity (Wildman–Crippen MR) is 136 cm³/mol. The lowest BCUT2D eigenvalue weighted by Gasteiger charge is -2.14. The van der Waals surface area contributed by atoms with Crippen molar-refractivity contribution in [2.75, 3.05) is 6.54 Å². The third kappa shape index (κ3) is 4.00. The number of amides is 1. The molecular formula is C25H28N6O2S. The van der Waals surface area contributed by atoms with E-state index in [9.17, 15) is 9.59 Å². The van der Waals surface area contributed by atoms with E-state index in [-0.39, 0.29) is 17.5 Å². The first-order valence-electron chi connectivity index (χ1n) is 11.8. The van der Waals surface area contributed by atoms with Gasteiger partial charge in [-0.15, -0.1) is 21.5 Å². The number of aromatic nitrogens is 5. The zero-order chi connectivity index (χ0) is 23.7.